The van der Waals surface area contributed by atoms with Crippen LogP contribution in [-0.2, 0) is 4.79 Å². The van der Waals surface area contributed by atoms with Gasteiger partial charge >= 0.3 is 6.09 Å². The number of carboxylic acid groups (broad SMARTS) is 1. The Labute approximate surface area is 210 Å². The van der Waals surface area contributed by atoms with Crippen molar-refractivity contribution in [2.75, 3.05) is 26.7 Å². The van der Waals surface area contributed by atoms with E-state index in [0.717, 1.165) is 58.4 Å². The maximum Gasteiger partial charge on any atom is 0.407 e. The van der Waals surface area contributed by atoms with Crippen LogP contribution < -0.4 is 0 Å². The van der Waals surface area contributed by atoms with Crippen molar-refractivity contribution in [2.45, 2.75) is 57.3 Å². The number of H-pyrrole nitrogens is 1. The quantitative estimate of drug-likeness (QED) is 0.463. The monoisotopic (exact) mass is 492 g/mol. The number of hydrogen-bond acceptors (Lipinski definition) is 3. The molecule has 0 radical (unpaired) electrons. The summed E-state index contributed by atoms with van der Waals surface area (Å²) in [7, 11) is 1.41. The first kappa shape index (κ1) is 24.3. The van der Waals surface area contributed by atoms with Crippen LogP contribution in [0.4, 0.5) is 9.18 Å². The van der Waals surface area contributed by atoms with Crippen molar-refractivity contribution < 1.29 is 19.1 Å². The lowest BCUT2D eigenvalue weighted by atomic mass is 9.87. The second-order valence-corrected chi connectivity index (χ2v) is 10.5. The van der Waals surface area contributed by atoms with E-state index in [-0.39, 0.29) is 24.2 Å². The van der Waals surface area contributed by atoms with Gasteiger partial charge in [-0.3, -0.25) is 9.78 Å². The van der Waals surface area contributed by atoms with Crippen LogP contribution >= 0.6 is 0 Å². The number of aromatic nitrogens is 2. The van der Waals surface area contributed by atoms with Crippen molar-refractivity contribution in [2.24, 2.45) is 0 Å². The molecule has 1 saturated carbocycles. The molecule has 2 fully saturated rings. The minimum atomic E-state index is -1.10. The lowest BCUT2D eigenvalue weighted by Crippen LogP contribution is -2.44. The molecule has 0 bridgehead atoms. The van der Waals surface area contributed by atoms with Gasteiger partial charge in [0.25, 0.3) is 0 Å². The number of nitrogens with one attached hydrogen (secondary N) is 1. The van der Waals surface area contributed by atoms with E-state index >= 15 is 0 Å². The fourth-order valence-electron chi connectivity index (χ4n) is 5.38. The average Bonchev–Trinajstić information content (AvgIpc) is 3.63. The van der Waals surface area contributed by atoms with Gasteiger partial charge in [-0.05, 0) is 66.8 Å². The number of likely N-dealkylation sites (N-methyl/N-ethyl adjacent to an activating group) is 1. The van der Waals surface area contributed by atoms with E-state index in [1.54, 1.807) is 4.90 Å². The molecule has 2 aliphatic rings. The van der Waals surface area contributed by atoms with Crippen LogP contribution in [0.3, 0.4) is 0 Å². The smallest absolute Gasteiger partial charge is 0.407 e. The zero-order valence-electron chi connectivity index (χ0n) is 21.1. The summed E-state index contributed by atoms with van der Waals surface area (Å²) in [6, 6.07) is 8.36. The van der Waals surface area contributed by atoms with Crippen molar-refractivity contribution in [3.05, 3.63) is 53.1 Å². The number of piperidine rings is 1. The van der Waals surface area contributed by atoms with Gasteiger partial charge in [0.05, 0.1) is 11.9 Å². The summed E-state index contributed by atoms with van der Waals surface area (Å²) in [6.07, 6.45) is 4.14. The van der Waals surface area contributed by atoms with Crippen LogP contribution in [0.15, 0.2) is 30.5 Å². The number of fused-ring (bicyclic) bond motifs is 1. The number of halogens is 1. The highest BCUT2D eigenvalue weighted by atomic mass is 19.1. The van der Waals surface area contributed by atoms with Gasteiger partial charge in [-0.25, -0.2) is 9.18 Å². The minimum absolute atomic E-state index is 0.121. The number of carbonyl (C=O) groups is 2. The lowest BCUT2D eigenvalue weighted by molar-refractivity contribution is -0.132. The topological polar surface area (TPSA) is 89.5 Å². The number of carbonyl (C=O) groups excluding carboxylic acids is 1. The fourth-order valence-corrected chi connectivity index (χ4v) is 5.38. The molecule has 3 aromatic rings. The second kappa shape index (κ2) is 9.56. The molecule has 5 rings (SSSR count). The summed E-state index contributed by atoms with van der Waals surface area (Å²) in [4.78, 5) is 34.1. The Balaban J connectivity index is 1.40. The molecule has 2 aromatic heterocycles. The Bertz CT molecular complexity index is 1310. The van der Waals surface area contributed by atoms with Gasteiger partial charge in [0.1, 0.15) is 6.54 Å². The van der Waals surface area contributed by atoms with Crippen molar-refractivity contribution in [3.63, 3.8) is 0 Å². The summed E-state index contributed by atoms with van der Waals surface area (Å²) in [6.45, 7) is 5.37. The van der Waals surface area contributed by atoms with Crippen molar-refractivity contribution >= 4 is 22.9 Å². The Morgan fingerprint density at radius 2 is 1.89 bits per heavy atom. The Morgan fingerprint density at radius 3 is 2.53 bits per heavy atom. The number of pyridine rings is 1. The van der Waals surface area contributed by atoms with Gasteiger partial charge in [-0.2, -0.15) is 0 Å². The summed E-state index contributed by atoms with van der Waals surface area (Å²) >= 11 is 0. The van der Waals surface area contributed by atoms with Gasteiger partial charge in [-0.15, -0.1) is 0 Å². The zero-order chi connectivity index (χ0) is 25.6. The molecule has 0 spiro atoms. The molecule has 0 unspecified atom stereocenters. The number of likely N-dealkylation sites (tertiary alicyclic amines) is 1. The summed E-state index contributed by atoms with van der Waals surface area (Å²) in [5.41, 5.74) is 5.72. The SMILES string of the molecule is CC(C)c1c(-c2cc(C3CC3)ncc2F)[nH]c2ccc(C3CCN(C(=O)CN(C)C(=O)O)CC3)cc12. The van der Waals surface area contributed by atoms with Gasteiger partial charge in [0, 0.05) is 48.2 Å². The van der Waals surface area contributed by atoms with E-state index in [1.807, 2.05) is 6.07 Å². The first-order valence-electron chi connectivity index (χ1n) is 12.8. The van der Waals surface area contributed by atoms with E-state index in [2.05, 4.69) is 42.0 Å². The van der Waals surface area contributed by atoms with Gasteiger partial charge < -0.3 is 19.9 Å². The standard InChI is InChI=1S/C28H33FN4O3/c1-16(2)26-21-12-19(17-8-10-33(11-9-17)25(34)15-32(3)28(35)36)6-7-23(21)31-27(26)20-13-24(18-4-5-18)30-14-22(20)29/h6-7,12-14,16-18,31H,4-5,8-11,15H2,1-3H3,(H,35,36). The molecule has 2 amide bonds. The number of nitrogens with zero attached hydrogens (tertiary/aromatic N) is 3. The molecule has 190 valence electrons. The minimum Gasteiger partial charge on any atom is -0.465 e. The average molecular weight is 493 g/mol. The number of rotatable bonds is 6. The first-order valence-corrected chi connectivity index (χ1v) is 12.8. The predicted molar refractivity (Wildman–Crippen MR) is 137 cm³/mol. The molecular formula is C28H33FN4O3. The van der Waals surface area contributed by atoms with Crippen LogP contribution in [0.1, 0.15) is 74.1 Å². The van der Waals surface area contributed by atoms with E-state index < -0.39 is 6.09 Å². The van der Waals surface area contributed by atoms with E-state index in [0.29, 0.717) is 30.5 Å². The molecular weight excluding hydrogens is 459 g/mol. The normalized spacial score (nSPS) is 16.6. The second-order valence-electron chi connectivity index (χ2n) is 10.5. The van der Waals surface area contributed by atoms with Gasteiger partial charge in [-0.1, -0.05) is 19.9 Å². The third kappa shape index (κ3) is 4.68. The summed E-state index contributed by atoms with van der Waals surface area (Å²) in [5, 5.41) is 10.1. The maximum atomic E-state index is 15.0. The highest BCUT2D eigenvalue weighted by Crippen LogP contribution is 2.43. The van der Waals surface area contributed by atoms with Crippen LogP contribution in [-0.4, -0.2) is 63.6 Å². The number of aromatic amines is 1. The summed E-state index contributed by atoms with van der Waals surface area (Å²) in [5.74, 6) is 0.500. The third-order valence-electron chi connectivity index (χ3n) is 7.60. The van der Waals surface area contributed by atoms with Crippen LogP contribution in [0.2, 0.25) is 0 Å². The molecule has 36 heavy (non-hydrogen) atoms. The van der Waals surface area contributed by atoms with Crippen LogP contribution in [0.5, 0.6) is 0 Å². The number of hydrogen-bond donors (Lipinski definition) is 2. The maximum absolute atomic E-state index is 15.0. The summed E-state index contributed by atoms with van der Waals surface area (Å²) < 4.78 is 15.0. The van der Waals surface area contributed by atoms with E-state index in [4.69, 9.17) is 5.11 Å². The van der Waals surface area contributed by atoms with Crippen molar-refractivity contribution in [1.82, 2.24) is 19.8 Å². The van der Waals surface area contributed by atoms with E-state index in [1.165, 1.54) is 18.8 Å². The van der Waals surface area contributed by atoms with Crippen molar-refractivity contribution in [1.29, 1.82) is 0 Å². The highest BCUT2D eigenvalue weighted by Gasteiger charge is 2.28. The Hall–Kier alpha value is -3.42. The molecule has 2 N–H and O–H groups in total. The predicted octanol–water partition coefficient (Wildman–Crippen LogP) is 5.69. The van der Waals surface area contributed by atoms with Crippen LogP contribution in [0, 0.1) is 5.82 Å². The molecule has 0 atom stereocenters. The fraction of sp³-hybridized carbons (Fsp3) is 0.464. The number of amides is 2. The molecule has 1 aliphatic carbocycles. The molecule has 7 nitrogen and oxygen atoms in total. The Kier molecular flexibility index (Phi) is 6.45. The van der Waals surface area contributed by atoms with Crippen LogP contribution in [0.25, 0.3) is 22.2 Å². The molecule has 1 saturated heterocycles. The number of benzene rings is 1. The molecule has 8 heteroatoms. The Morgan fingerprint density at radius 1 is 1.17 bits per heavy atom. The van der Waals surface area contributed by atoms with Gasteiger partial charge in [0.15, 0.2) is 5.82 Å². The van der Waals surface area contributed by atoms with Crippen molar-refractivity contribution in [3.8, 4) is 11.3 Å². The highest BCUT2D eigenvalue weighted by molar-refractivity contribution is 5.92. The zero-order valence-corrected chi connectivity index (χ0v) is 21.1. The largest absolute Gasteiger partial charge is 0.465 e. The van der Waals surface area contributed by atoms with Gasteiger partial charge in [0.2, 0.25) is 5.91 Å². The molecule has 3 heterocycles. The molecule has 1 aromatic carbocycles. The lowest BCUT2D eigenvalue weighted by Gasteiger charge is -2.33. The third-order valence-corrected chi connectivity index (χ3v) is 7.60. The molecule has 1 aliphatic heterocycles. The first-order chi connectivity index (χ1) is 17.2. The van der Waals surface area contributed by atoms with E-state index in [9.17, 15) is 14.0 Å².